The van der Waals surface area contributed by atoms with Crippen LogP contribution in [-0.2, 0) is 0 Å². The fourth-order valence-electron chi connectivity index (χ4n) is 1.12. The monoisotopic (exact) mass is 272 g/mol. The molecule has 0 aliphatic rings. The lowest BCUT2D eigenvalue weighted by Gasteiger charge is -2.21. The molecule has 1 unspecified atom stereocenters. The van der Waals surface area contributed by atoms with Crippen LogP contribution in [0.3, 0.4) is 0 Å². The van der Waals surface area contributed by atoms with Crippen LogP contribution in [0, 0.1) is 0 Å². The Morgan fingerprint density at radius 3 is 2.72 bits per heavy atom. The van der Waals surface area contributed by atoms with Crippen molar-refractivity contribution >= 4 is 28.3 Å². The normalized spacial score (nSPS) is 13.7. The summed E-state index contributed by atoms with van der Waals surface area (Å²) in [5.41, 5.74) is -0.917. The van der Waals surface area contributed by atoms with Crippen molar-refractivity contribution in [3.05, 3.63) is 17.0 Å². The first-order valence-electron chi connectivity index (χ1n) is 5.44. The second kappa shape index (κ2) is 5.83. The second-order valence-electron chi connectivity index (χ2n) is 4.13. The van der Waals surface area contributed by atoms with Crippen molar-refractivity contribution in [2.75, 3.05) is 11.9 Å². The highest BCUT2D eigenvalue weighted by molar-refractivity contribution is 7.14. The van der Waals surface area contributed by atoms with Gasteiger partial charge in [0.2, 0.25) is 0 Å². The third-order valence-corrected chi connectivity index (χ3v) is 3.34. The predicted octanol–water partition coefficient (Wildman–Crippen LogP) is 1.73. The van der Waals surface area contributed by atoms with Crippen molar-refractivity contribution in [2.24, 2.45) is 0 Å². The van der Waals surface area contributed by atoms with Gasteiger partial charge < -0.3 is 15.5 Å². The van der Waals surface area contributed by atoms with Crippen LogP contribution in [0.25, 0.3) is 0 Å². The van der Waals surface area contributed by atoms with E-state index in [1.54, 1.807) is 19.2 Å². The number of carbonyl (C=O) groups is 2. The quantitative estimate of drug-likeness (QED) is 0.656. The van der Waals surface area contributed by atoms with E-state index >= 15 is 0 Å². The molecule has 0 aromatic carbocycles. The number of aliphatic hydroxyl groups is 1. The van der Waals surface area contributed by atoms with Crippen molar-refractivity contribution in [3.8, 4) is 0 Å². The number of urea groups is 1. The molecule has 0 fully saturated rings. The zero-order chi connectivity index (χ0) is 13.8. The first-order valence-corrected chi connectivity index (χ1v) is 6.31. The molecule has 0 bridgehead atoms. The number of carboxylic acids is 1. The number of amides is 2. The molecule has 0 saturated heterocycles. The summed E-state index contributed by atoms with van der Waals surface area (Å²) in [7, 11) is 0. The lowest BCUT2D eigenvalue weighted by molar-refractivity contribution is 0.0586. The van der Waals surface area contributed by atoms with Crippen molar-refractivity contribution in [3.63, 3.8) is 0 Å². The van der Waals surface area contributed by atoms with Crippen LogP contribution in [0.5, 0.6) is 0 Å². The average Bonchev–Trinajstić information content (AvgIpc) is 2.75. The number of carboxylic acid groups (broad SMARTS) is 1. The van der Waals surface area contributed by atoms with Gasteiger partial charge in [0.1, 0.15) is 5.00 Å². The van der Waals surface area contributed by atoms with Crippen LogP contribution in [0.4, 0.5) is 9.80 Å². The van der Waals surface area contributed by atoms with Crippen LogP contribution in [0.15, 0.2) is 11.4 Å². The minimum Gasteiger partial charge on any atom is -0.478 e. The molecular weight excluding hydrogens is 256 g/mol. The Bertz CT molecular complexity index is 442. The second-order valence-corrected chi connectivity index (χ2v) is 5.04. The molecule has 0 saturated carbocycles. The van der Waals surface area contributed by atoms with Crippen LogP contribution in [0.2, 0.25) is 0 Å². The van der Waals surface area contributed by atoms with Gasteiger partial charge in [-0.15, -0.1) is 11.3 Å². The summed E-state index contributed by atoms with van der Waals surface area (Å²) in [5, 5.41) is 25.4. The van der Waals surface area contributed by atoms with Gasteiger partial charge in [0.25, 0.3) is 0 Å². The molecule has 1 atom stereocenters. The maximum Gasteiger partial charge on any atom is 0.338 e. The molecule has 2 amide bonds. The summed E-state index contributed by atoms with van der Waals surface area (Å²) in [6.45, 7) is 3.52. The third kappa shape index (κ3) is 4.01. The van der Waals surface area contributed by atoms with Crippen LogP contribution in [0.1, 0.15) is 30.6 Å². The molecule has 0 aliphatic carbocycles. The molecule has 0 aliphatic heterocycles. The van der Waals surface area contributed by atoms with E-state index < -0.39 is 17.6 Å². The number of hydrogen-bond donors (Lipinski definition) is 4. The van der Waals surface area contributed by atoms with Gasteiger partial charge in [-0.2, -0.15) is 0 Å². The highest BCUT2D eigenvalue weighted by Gasteiger charge is 2.19. The summed E-state index contributed by atoms with van der Waals surface area (Å²) < 4.78 is 0. The van der Waals surface area contributed by atoms with Crippen molar-refractivity contribution in [1.82, 2.24) is 5.32 Å². The summed E-state index contributed by atoms with van der Waals surface area (Å²) in [4.78, 5) is 22.4. The molecule has 1 heterocycles. The average molecular weight is 272 g/mol. The van der Waals surface area contributed by atoms with Crippen LogP contribution in [-0.4, -0.2) is 34.4 Å². The van der Waals surface area contributed by atoms with Gasteiger partial charge in [0.15, 0.2) is 0 Å². The van der Waals surface area contributed by atoms with Gasteiger partial charge in [-0.25, -0.2) is 9.59 Å². The largest absolute Gasteiger partial charge is 0.478 e. The van der Waals surface area contributed by atoms with E-state index in [2.05, 4.69) is 10.6 Å². The van der Waals surface area contributed by atoms with E-state index in [1.165, 1.54) is 6.07 Å². The molecule has 0 spiro atoms. The topological polar surface area (TPSA) is 98.7 Å². The number of hydrogen-bond acceptors (Lipinski definition) is 4. The molecule has 0 radical (unpaired) electrons. The predicted molar refractivity (Wildman–Crippen MR) is 69.2 cm³/mol. The minimum atomic E-state index is -1.09. The van der Waals surface area contributed by atoms with Gasteiger partial charge in [-0.3, -0.25) is 5.32 Å². The zero-order valence-electron chi connectivity index (χ0n) is 10.2. The van der Waals surface area contributed by atoms with E-state index in [-0.39, 0.29) is 17.1 Å². The number of carbonyl (C=O) groups excluding carboxylic acids is 1. The molecule has 4 N–H and O–H groups in total. The van der Waals surface area contributed by atoms with Gasteiger partial charge >= 0.3 is 12.0 Å². The zero-order valence-corrected chi connectivity index (χ0v) is 11.0. The third-order valence-electron chi connectivity index (χ3n) is 2.51. The molecule has 1 aromatic rings. The first-order chi connectivity index (χ1) is 8.35. The molecule has 6 nitrogen and oxygen atoms in total. The Balaban J connectivity index is 2.55. The van der Waals surface area contributed by atoms with E-state index in [9.17, 15) is 14.7 Å². The summed E-state index contributed by atoms with van der Waals surface area (Å²) in [6, 6.07) is 0.888. The lowest BCUT2D eigenvalue weighted by atomic mass is 10.0. The molecule has 1 aromatic heterocycles. The van der Waals surface area contributed by atoms with Gasteiger partial charge in [0, 0.05) is 6.54 Å². The fourth-order valence-corrected chi connectivity index (χ4v) is 1.89. The number of anilines is 1. The van der Waals surface area contributed by atoms with Gasteiger partial charge in [-0.05, 0) is 24.8 Å². The summed E-state index contributed by atoms with van der Waals surface area (Å²) in [6.07, 6.45) is 0.507. The fraction of sp³-hybridized carbons (Fsp3) is 0.455. The highest BCUT2D eigenvalue weighted by atomic mass is 32.1. The molecule has 18 heavy (non-hydrogen) atoms. The van der Waals surface area contributed by atoms with E-state index in [1.807, 2.05) is 0 Å². The van der Waals surface area contributed by atoms with Crippen LogP contribution < -0.4 is 10.6 Å². The van der Waals surface area contributed by atoms with Crippen LogP contribution >= 0.6 is 11.3 Å². The number of aromatic carboxylic acids is 1. The molecular formula is C11H16N2O4S. The SMILES string of the molecule is CCC(C)(O)CNC(=O)Nc1sccc1C(=O)O. The molecule has 1 rings (SSSR count). The number of rotatable bonds is 5. The Morgan fingerprint density at radius 2 is 2.17 bits per heavy atom. The molecule has 100 valence electrons. The maximum absolute atomic E-state index is 11.5. The smallest absolute Gasteiger partial charge is 0.338 e. The summed E-state index contributed by atoms with van der Waals surface area (Å²) >= 11 is 1.13. The highest BCUT2D eigenvalue weighted by Crippen LogP contribution is 2.22. The first kappa shape index (κ1) is 14.5. The minimum absolute atomic E-state index is 0.0531. The van der Waals surface area contributed by atoms with E-state index in [4.69, 9.17) is 5.11 Å². The van der Waals surface area contributed by atoms with Crippen molar-refractivity contribution in [2.45, 2.75) is 25.9 Å². The summed E-state index contributed by atoms with van der Waals surface area (Å²) in [5.74, 6) is -1.09. The Kier molecular flexibility index (Phi) is 4.69. The van der Waals surface area contributed by atoms with Crippen molar-refractivity contribution < 1.29 is 19.8 Å². The Morgan fingerprint density at radius 1 is 1.50 bits per heavy atom. The van der Waals surface area contributed by atoms with E-state index in [0.29, 0.717) is 6.42 Å². The maximum atomic E-state index is 11.5. The Labute approximate surface area is 109 Å². The Hall–Kier alpha value is -1.60. The number of thiophene rings is 1. The van der Waals surface area contributed by atoms with Gasteiger partial charge in [-0.1, -0.05) is 6.92 Å². The standard InChI is InChI=1S/C11H16N2O4S/c1-3-11(2,17)6-12-10(16)13-8-7(9(14)15)4-5-18-8/h4-5,17H,3,6H2,1-2H3,(H,14,15)(H2,12,13,16). The lowest BCUT2D eigenvalue weighted by Crippen LogP contribution is -2.41. The van der Waals surface area contributed by atoms with Gasteiger partial charge in [0.05, 0.1) is 11.2 Å². The van der Waals surface area contributed by atoms with E-state index in [0.717, 1.165) is 11.3 Å². The van der Waals surface area contributed by atoms with Crippen molar-refractivity contribution in [1.29, 1.82) is 0 Å². The number of nitrogens with one attached hydrogen (secondary N) is 2. The molecule has 7 heteroatoms.